The van der Waals surface area contributed by atoms with Crippen LogP contribution < -0.4 is 10.1 Å². The highest BCUT2D eigenvalue weighted by molar-refractivity contribution is 5.94. The normalized spacial score (nSPS) is 14.4. The van der Waals surface area contributed by atoms with Crippen LogP contribution >= 0.6 is 0 Å². The minimum Gasteiger partial charge on any atom is -0.488 e. The van der Waals surface area contributed by atoms with Crippen molar-refractivity contribution in [2.45, 2.75) is 38.5 Å². The number of esters is 1. The highest BCUT2D eigenvalue weighted by Crippen LogP contribution is 2.22. The zero-order valence-corrected chi connectivity index (χ0v) is 14.4. The van der Waals surface area contributed by atoms with E-state index in [2.05, 4.69) is 5.32 Å². The summed E-state index contributed by atoms with van der Waals surface area (Å²) in [5.74, 6) is -0.906. The van der Waals surface area contributed by atoms with E-state index in [1.54, 1.807) is 36.4 Å². The fourth-order valence-electron chi connectivity index (χ4n) is 2.33. The van der Waals surface area contributed by atoms with Crippen molar-refractivity contribution in [1.29, 1.82) is 0 Å². The lowest BCUT2D eigenvalue weighted by atomic mass is 10.2. The summed E-state index contributed by atoms with van der Waals surface area (Å²) in [7, 11) is 0. The number of ether oxygens (including phenoxy) is 2. The van der Waals surface area contributed by atoms with Gasteiger partial charge in [-0.15, -0.1) is 0 Å². The fourth-order valence-corrected chi connectivity index (χ4v) is 2.33. The van der Waals surface area contributed by atoms with Crippen molar-refractivity contribution in [3.63, 3.8) is 0 Å². The first-order valence-electron chi connectivity index (χ1n) is 8.50. The van der Waals surface area contributed by atoms with Gasteiger partial charge in [-0.1, -0.05) is 24.3 Å². The molecular weight excluding hydrogens is 337 g/mol. The van der Waals surface area contributed by atoms with Crippen LogP contribution in [-0.4, -0.2) is 24.0 Å². The number of benzene rings is 2. The molecule has 26 heavy (non-hydrogen) atoms. The Morgan fingerprint density at radius 3 is 2.54 bits per heavy atom. The average Bonchev–Trinajstić information content (AvgIpc) is 3.45. The number of hydrogen-bond donors (Lipinski definition) is 1. The molecule has 5 nitrogen and oxygen atoms in total. The van der Waals surface area contributed by atoms with E-state index in [9.17, 15) is 14.0 Å². The van der Waals surface area contributed by atoms with E-state index in [-0.39, 0.29) is 29.9 Å². The molecule has 0 bridgehead atoms. The molecule has 2 aromatic rings. The van der Waals surface area contributed by atoms with Crippen molar-refractivity contribution in [2.24, 2.45) is 0 Å². The van der Waals surface area contributed by atoms with Gasteiger partial charge in [-0.05, 0) is 49.6 Å². The second-order valence-corrected chi connectivity index (χ2v) is 6.24. The van der Waals surface area contributed by atoms with Gasteiger partial charge in [-0.2, -0.15) is 0 Å². The Labute approximate surface area is 151 Å². The van der Waals surface area contributed by atoms with E-state index >= 15 is 0 Å². The molecule has 0 heterocycles. The van der Waals surface area contributed by atoms with E-state index in [1.165, 1.54) is 19.1 Å². The maximum absolute atomic E-state index is 13.0. The van der Waals surface area contributed by atoms with E-state index in [1.807, 2.05) is 0 Å². The van der Waals surface area contributed by atoms with Gasteiger partial charge in [-0.3, -0.25) is 4.79 Å². The second-order valence-electron chi connectivity index (χ2n) is 6.24. The number of nitrogens with one attached hydrogen (secondary N) is 1. The Morgan fingerprint density at radius 1 is 1.15 bits per heavy atom. The predicted octanol–water partition coefficient (Wildman–Crippen LogP) is 3.23. The summed E-state index contributed by atoms with van der Waals surface area (Å²) >= 11 is 0. The van der Waals surface area contributed by atoms with Gasteiger partial charge in [0.1, 0.15) is 23.7 Å². The number of para-hydroxylation sites is 1. The van der Waals surface area contributed by atoms with Crippen molar-refractivity contribution in [3.05, 3.63) is 65.5 Å². The third kappa shape index (κ3) is 4.81. The first kappa shape index (κ1) is 17.9. The average molecular weight is 357 g/mol. The zero-order valence-electron chi connectivity index (χ0n) is 14.4. The molecule has 2 aromatic carbocycles. The van der Waals surface area contributed by atoms with Crippen molar-refractivity contribution in [3.8, 4) is 5.75 Å². The summed E-state index contributed by atoms with van der Waals surface area (Å²) in [6.45, 7) is 1.72. The number of halogens is 1. The fraction of sp³-hybridized carbons (Fsp3) is 0.300. The molecule has 1 aliphatic rings. The van der Waals surface area contributed by atoms with Crippen LogP contribution in [0.1, 0.15) is 35.7 Å². The largest absolute Gasteiger partial charge is 0.488 e. The number of hydrogen-bond acceptors (Lipinski definition) is 4. The van der Waals surface area contributed by atoms with Crippen LogP contribution in [0.3, 0.4) is 0 Å². The lowest BCUT2D eigenvalue weighted by Crippen LogP contribution is -2.37. The van der Waals surface area contributed by atoms with Crippen molar-refractivity contribution >= 4 is 11.9 Å². The van der Waals surface area contributed by atoms with Crippen LogP contribution in [0.2, 0.25) is 0 Å². The molecule has 1 aliphatic carbocycles. The van der Waals surface area contributed by atoms with Crippen LogP contribution in [0.25, 0.3) is 0 Å². The van der Waals surface area contributed by atoms with Crippen LogP contribution in [0, 0.1) is 5.82 Å². The summed E-state index contributed by atoms with van der Waals surface area (Å²) in [5.41, 5.74) is 1.01. The standard InChI is InChI=1S/C20H20FNO4/c1-13(19(23)22-16-10-11-16)26-20(24)17-4-2-3-5-18(17)25-12-14-6-8-15(21)9-7-14/h2-9,13,16H,10-12H2,1H3,(H,22,23)/t13-/m0/s1. The summed E-state index contributed by atoms with van der Waals surface area (Å²) in [5, 5.41) is 2.80. The third-order valence-electron chi connectivity index (χ3n) is 3.99. The van der Waals surface area contributed by atoms with Gasteiger partial charge in [0.25, 0.3) is 5.91 Å². The summed E-state index contributed by atoms with van der Waals surface area (Å²) in [6.07, 6.45) is 1.05. The number of carbonyl (C=O) groups excluding carboxylic acids is 2. The molecule has 3 rings (SSSR count). The lowest BCUT2D eigenvalue weighted by Gasteiger charge is -2.15. The van der Waals surface area contributed by atoms with Crippen LogP contribution in [-0.2, 0) is 16.1 Å². The Balaban J connectivity index is 1.62. The molecule has 0 saturated heterocycles. The minimum absolute atomic E-state index is 0.183. The van der Waals surface area contributed by atoms with Gasteiger partial charge >= 0.3 is 5.97 Å². The van der Waals surface area contributed by atoms with Gasteiger partial charge in [-0.25, -0.2) is 9.18 Å². The van der Waals surface area contributed by atoms with Crippen molar-refractivity contribution < 1.29 is 23.5 Å². The minimum atomic E-state index is -0.881. The number of rotatable bonds is 7. The van der Waals surface area contributed by atoms with Gasteiger partial charge in [0.05, 0.1) is 0 Å². The Bertz CT molecular complexity index is 787. The predicted molar refractivity (Wildman–Crippen MR) is 93.2 cm³/mol. The number of carbonyl (C=O) groups is 2. The quantitative estimate of drug-likeness (QED) is 0.773. The molecule has 1 atom stereocenters. The van der Waals surface area contributed by atoms with Crippen LogP contribution in [0.5, 0.6) is 5.75 Å². The van der Waals surface area contributed by atoms with Crippen LogP contribution in [0.15, 0.2) is 48.5 Å². The SMILES string of the molecule is C[C@H](OC(=O)c1ccccc1OCc1ccc(F)cc1)C(=O)NC1CC1. The lowest BCUT2D eigenvalue weighted by molar-refractivity contribution is -0.129. The molecule has 1 N–H and O–H groups in total. The molecule has 136 valence electrons. The molecule has 0 aliphatic heterocycles. The maximum atomic E-state index is 13.0. The van der Waals surface area contributed by atoms with Gasteiger partial charge in [0.2, 0.25) is 0 Å². The monoisotopic (exact) mass is 357 g/mol. The van der Waals surface area contributed by atoms with Gasteiger partial charge in [0, 0.05) is 6.04 Å². The zero-order chi connectivity index (χ0) is 18.5. The first-order valence-corrected chi connectivity index (χ1v) is 8.50. The number of amides is 1. The molecule has 1 saturated carbocycles. The van der Waals surface area contributed by atoms with Crippen molar-refractivity contribution in [1.82, 2.24) is 5.32 Å². The molecule has 0 radical (unpaired) electrons. The molecule has 0 aromatic heterocycles. The highest BCUT2D eigenvalue weighted by Gasteiger charge is 2.28. The van der Waals surface area contributed by atoms with E-state index in [4.69, 9.17) is 9.47 Å². The van der Waals surface area contributed by atoms with Crippen molar-refractivity contribution in [2.75, 3.05) is 0 Å². The molecule has 0 unspecified atom stereocenters. The molecule has 1 amide bonds. The maximum Gasteiger partial charge on any atom is 0.342 e. The van der Waals surface area contributed by atoms with Gasteiger partial charge in [0.15, 0.2) is 6.10 Å². The molecule has 0 spiro atoms. The Morgan fingerprint density at radius 2 is 1.85 bits per heavy atom. The third-order valence-corrected chi connectivity index (χ3v) is 3.99. The van der Waals surface area contributed by atoms with Crippen LogP contribution in [0.4, 0.5) is 4.39 Å². The topological polar surface area (TPSA) is 64.6 Å². The molecular formula is C20H20FNO4. The van der Waals surface area contributed by atoms with E-state index < -0.39 is 12.1 Å². The summed E-state index contributed by atoms with van der Waals surface area (Å²) in [6, 6.07) is 12.8. The smallest absolute Gasteiger partial charge is 0.342 e. The first-order chi connectivity index (χ1) is 12.5. The van der Waals surface area contributed by atoms with Gasteiger partial charge < -0.3 is 14.8 Å². The Hall–Kier alpha value is -2.89. The second kappa shape index (κ2) is 7.99. The highest BCUT2D eigenvalue weighted by atomic mass is 19.1. The molecule has 6 heteroatoms. The van der Waals surface area contributed by atoms with E-state index in [0.717, 1.165) is 18.4 Å². The summed E-state index contributed by atoms with van der Waals surface area (Å²) in [4.78, 5) is 24.3. The molecule has 1 fully saturated rings. The van der Waals surface area contributed by atoms with E-state index in [0.29, 0.717) is 5.75 Å². The summed E-state index contributed by atoms with van der Waals surface area (Å²) < 4.78 is 23.9. The Kier molecular flexibility index (Phi) is 5.51.